The Balaban J connectivity index is 2.15. The zero-order chi connectivity index (χ0) is 12.1. The summed E-state index contributed by atoms with van der Waals surface area (Å²) in [6, 6.07) is 8.39. The molecule has 1 N–H and O–H groups in total. The van der Waals surface area contributed by atoms with Crippen molar-refractivity contribution in [2.75, 3.05) is 19.0 Å². The third-order valence-electron chi connectivity index (χ3n) is 2.38. The normalized spacial score (nSPS) is 10.5. The first kappa shape index (κ1) is 12.1. The van der Waals surface area contributed by atoms with Gasteiger partial charge in [-0.3, -0.25) is 0 Å². The number of nitrogens with one attached hydrogen (secondary N) is 1. The smallest absolute Gasteiger partial charge is 0.183 e. The lowest BCUT2D eigenvalue weighted by molar-refractivity contribution is 0.185. The van der Waals surface area contributed by atoms with Crippen LogP contribution in [0, 0.1) is 0 Å². The average Bonchev–Trinajstić information content (AvgIpc) is 2.80. The van der Waals surface area contributed by atoms with E-state index < -0.39 is 0 Å². The van der Waals surface area contributed by atoms with E-state index in [9.17, 15) is 0 Å². The molecule has 0 aliphatic rings. The summed E-state index contributed by atoms with van der Waals surface area (Å²) in [7, 11) is 1.71. The highest BCUT2D eigenvalue weighted by molar-refractivity contribution is 7.18. The Bertz CT molecular complexity index is 465. The topological polar surface area (TPSA) is 34.2 Å². The zero-order valence-electron chi connectivity index (χ0n) is 10.1. The molecule has 1 aromatic carbocycles. The molecule has 0 radical (unpaired) electrons. The van der Waals surface area contributed by atoms with E-state index in [1.807, 2.05) is 6.20 Å². The Hall–Kier alpha value is -1.39. The fourth-order valence-electron chi connectivity index (χ4n) is 1.57. The molecule has 0 saturated carbocycles. The fourth-order valence-corrected chi connectivity index (χ4v) is 2.46. The summed E-state index contributed by atoms with van der Waals surface area (Å²) in [6.07, 6.45) is 1.91. The van der Waals surface area contributed by atoms with E-state index in [1.165, 1.54) is 16.0 Å². The average molecular weight is 248 g/mol. The lowest BCUT2D eigenvalue weighted by Crippen LogP contribution is -1.94. The molecule has 0 unspecified atom stereocenters. The van der Waals surface area contributed by atoms with Crippen LogP contribution in [-0.4, -0.2) is 18.6 Å². The number of aromatic nitrogens is 1. The van der Waals surface area contributed by atoms with Crippen molar-refractivity contribution in [1.82, 2.24) is 4.98 Å². The molecule has 2 aromatic rings. The van der Waals surface area contributed by atoms with E-state index in [-0.39, 0.29) is 0 Å². The number of rotatable bonds is 5. The molecule has 17 heavy (non-hydrogen) atoms. The zero-order valence-corrected chi connectivity index (χ0v) is 10.9. The van der Waals surface area contributed by atoms with Gasteiger partial charge in [-0.15, -0.1) is 0 Å². The van der Waals surface area contributed by atoms with E-state index in [0.29, 0.717) is 6.61 Å². The second-order valence-electron chi connectivity index (χ2n) is 3.69. The predicted octanol–water partition coefficient (Wildman–Crippen LogP) is 3.39. The maximum atomic E-state index is 5.09. The molecule has 0 amide bonds. The van der Waals surface area contributed by atoms with Crippen LogP contribution in [0.3, 0.4) is 0 Å². The van der Waals surface area contributed by atoms with Gasteiger partial charge >= 0.3 is 0 Å². The summed E-state index contributed by atoms with van der Waals surface area (Å²) >= 11 is 1.68. The van der Waals surface area contributed by atoms with E-state index in [1.54, 1.807) is 18.4 Å². The van der Waals surface area contributed by atoms with Crippen LogP contribution in [0.4, 0.5) is 5.13 Å². The van der Waals surface area contributed by atoms with Crippen LogP contribution in [0.1, 0.15) is 12.5 Å². The number of thiazole rings is 1. The Morgan fingerprint density at radius 3 is 2.71 bits per heavy atom. The van der Waals surface area contributed by atoms with Gasteiger partial charge in [0.05, 0.1) is 11.5 Å². The second-order valence-corrected chi connectivity index (χ2v) is 4.72. The van der Waals surface area contributed by atoms with Gasteiger partial charge in [0.15, 0.2) is 5.13 Å². The highest BCUT2D eigenvalue weighted by atomic mass is 32.1. The summed E-state index contributed by atoms with van der Waals surface area (Å²) in [6.45, 7) is 3.63. The summed E-state index contributed by atoms with van der Waals surface area (Å²) in [4.78, 5) is 5.51. The van der Waals surface area contributed by atoms with Crippen LogP contribution < -0.4 is 5.32 Å². The lowest BCUT2D eigenvalue weighted by Gasteiger charge is -2.01. The number of hydrogen-bond donors (Lipinski definition) is 1. The summed E-state index contributed by atoms with van der Waals surface area (Å²) in [5, 5.41) is 4.19. The quantitative estimate of drug-likeness (QED) is 0.880. The molecule has 1 aromatic heterocycles. The lowest BCUT2D eigenvalue weighted by atomic mass is 10.1. The van der Waals surface area contributed by atoms with Crippen LogP contribution >= 0.6 is 11.3 Å². The van der Waals surface area contributed by atoms with Crippen molar-refractivity contribution in [3.05, 3.63) is 36.0 Å². The van der Waals surface area contributed by atoms with Crippen LogP contribution in [-0.2, 0) is 11.3 Å². The van der Waals surface area contributed by atoms with E-state index in [4.69, 9.17) is 4.74 Å². The van der Waals surface area contributed by atoms with Gasteiger partial charge in [-0.2, -0.15) is 0 Å². The molecule has 0 fully saturated rings. The number of ether oxygens (including phenoxy) is 1. The summed E-state index contributed by atoms with van der Waals surface area (Å²) in [5.41, 5.74) is 2.39. The van der Waals surface area contributed by atoms with Crippen LogP contribution in [0.2, 0.25) is 0 Å². The SMILES string of the molecule is CCNc1ncc(-c2ccc(COC)cc2)s1. The van der Waals surface area contributed by atoms with Crippen molar-refractivity contribution >= 4 is 16.5 Å². The van der Waals surface area contributed by atoms with Gasteiger partial charge in [0.25, 0.3) is 0 Å². The van der Waals surface area contributed by atoms with Gasteiger partial charge in [0.1, 0.15) is 0 Å². The monoisotopic (exact) mass is 248 g/mol. The van der Waals surface area contributed by atoms with Crippen molar-refractivity contribution in [1.29, 1.82) is 0 Å². The molecule has 4 heteroatoms. The summed E-state index contributed by atoms with van der Waals surface area (Å²) < 4.78 is 5.09. The molecule has 0 bridgehead atoms. The highest BCUT2D eigenvalue weighted by Crippen LogP contribution is 2.28. The third-order valence-corrected chi connectivity index (χ3v) is 3.39. The first-order valence-corrected chi connectivity index (χ1v) is 6.43. The summed E-state index contributed by atoms with van der Waals surface area (Å²) in [5.74, 6) is 0. The Morgan fingerprint density at radius 2 is 2.06 bits per heavy atom. The molecule has 90 valence electrons. The number of nitrogens with zero attached hydrogens (tertiary/aromatic N) is 1. The Labute approximate surface area is 105 Å². The largest absolute Gasteiger partial charge is 0.380 e. The van der Waals surface area contributed by atoms with Gasteiger partial charge in [-0.05, 0) is 18.1 Å². The van der Waals surface area contributed by atoms with E-state index in [0.717, 1.165) is 11.7 Å². The minimum absolute atomic E-state index is 0.658. The van der Waals surface area contributed by atoms with Crippen molar-refractivity contribution in [2.24, 2.45) is 0 Å². The van der Waals surface area contributed by atoms with Gasteiger partial charge in [-0.1, -0.05) is 35.6 Å². The van der Waals surface area contributed by atoms with Crippen LogP contribution in [0.5, 0.6) is 0 Å². The van der Waals surface area contributed by atoms with Gasteiger partial charge in [0.2, 0.25) is 0 Å². The maximum Gasteiger partial charge on any atom is 0.183 e. The fraction of sp³-hybridized carbons (Fsp3) is 0.308. The molecular weight excluding hydrogens is 232 g/mol. The predicted molar refractivity (Wildman–Crippen MR) is 72.4 cm³/mol. The van der Waals surface area contributed by atoms with Crippen molar-refractivity contribution in [2.45, 2.75) is 13.5 Å². The molecule has 0 saturated heterocycles. The van der Waals surface area contributed by atoms with Crippen LogP contribution in [0.15, 0.2) is 30.5 Å². The van der Waals surface area contributed by atoms with E-state index >= 15 is 0 Å². The molecular formula is C13H16N2OS. The van der Waals surface area contributed by atoms with Crippen molar-refractivity contribution < 1.29 is 4.74 Å². The molecule has 0 aliphatic carbocycles. The first-order valence-electron chi connectivity index (χ1n) is 5.61. The standard InChI is InChI=1S/C13H16N2OS/c1-3-14-13-15-8-12(17-13)11-6-4-10(5-7-11)9-16-2/h4-8H,3,9H2,1-2H3,(H,14,15). The number of anilines is 1. The van der Waals surface area contributed by atoms with Crippen molar-refractivity contribution in [3.63, 3.8) is 0 Å². The highest BCUT2D eigenvalue weighted by Gasteiger charge is 2.03. The van der Waals surface area contributed by atoms with Crippen LogP contribution in [0.25, 0.3) is 10.4 Å². The minimum Gasteiger partial charge on any atom is -0.380 e. The Morgan fingerprint density at radius 1 is 1.29 bits per heavy atom. The number of hydrogen-bond acceptors (Lipinski definition) is 4. The molecule has 3 nitrogen and oxygen atoms in total. The molecule has 0 aliphatic heterocycles. The van der Waals surface area contributed by atoms with E-state index in [2.05, 4.69) is 41.5 Å². The molecule has 2 rings (SSSR count). The van der Waals surface area contributed by atoms with Gasteiger partial charge in [0, 0.05) is 19.9 Å². The molecule has 1 heterocycles. The number of benzene rings is 1. The molecule has 0 spiro atoms. The Kier molecular flexibility index (Phi) is 4.12. The van der Waals surface area contributed by atoms with Crippen molar-refractivity contribution in [3.8, 4) is 10.4 Å². The van der Waals surface area contributed by atoms with Gasteiger partial charge in [-0.25, -0.2) is 4.98 Å². The maximum absolute atomic E-state index is 5.09. The van der Waals surface area contributed by atoms with Gasteiger partial charge < -0.3 is 10.1 Å². The number of methoxy groups -OCH3 is 1. The second kappa shape index (κ2) is 5.80. The molecule has 0 atom stereocenters. The first-order chi connectivity index (χ1) is 8.33. The minimum atomic E-state index is 0.658. The third kappa shape index (κ3) is 3.05.